The minimum Gasteiger partial charge on any atom is -0.348 e. The van der Waals surface area contributed by atoms with Gasteiger partial charge in [-0.15, -0.1) is 13.2 Å². The van der Waals surface area contributed by atoms with Gasteiger partial charge in [-0.1, -0.05) is 12.2 Å². The maximum absolute atomic E-state index is 10.8. The summed E-state index contributed by atoms with van der Waals surface area (Å²) in [5.41, 5.74) is -0.203. The number of hydrogen-bond acceptors (Lipinski definition) is 3. The van der Waals surface area contributed by atoms with Crippen molar-refractivity contribution in [2.45, 2.75) is 0 Å². The molecule has 0 spiro atoms. The van der Waals surface area contributed by atoms with Gasteiger partial charge in [-0.05, 0) is 6.07 Å². The molecule has 0 aliphatic rings. The van der Waals surface area contributed by atoms with Crippen LogP contribution in [-0.2, 0) is 0 Å². The van der Waals surface area contributed by atoms with E-state index >= 15 is 0 Å². The highest BCUT2D eigenvalue weighted by atomic mass is 16.1. The van der Waals surface area contributed by atoms with Gasteiger partial charge in [0.2, 0.25) is 0 Å². The lowest BCUT2D eigenvalue weighted by Gasteiger charge is -2.19. The number of H-pyrrole nitrogens is 1. The molecule has 0 radical (unpaired) electrons. The normalized spacial score (nSPS) is 9.43. The van der Waals surface area contributed by atoms with Gasteiger partial charge in [0, 0.05) is 19.2 Å². The van der Waals surface area contributed by atoms with E-state index in [1.807, 2.05) is 4.90 Å². The highest BCUT2D eigenvalue weighted by Crippen LogP contribution is 2.05. The van der Waals surface area contributed by atoms with E-state index < -0.39 is 0 Å². The molecule has 0 saturated carbocycles. The Morgan fingerprint density at radius 3 is 2.43 bits per heavy atom. The van der Waals surface area contributed by atoms with Gasteiger partial charge in [-0.3, -0.25) is 4.79 Å². The van der Waals surface area contributed by atoms with Gasteiger partial charge >= 0.3 is 0 Å². The van der Waals surface area contributed by atoms with Crippen LogP contribution in [0.5, 0.6) is 0 Å². The molecule has 0 aromatic carbocycles. The summed E-state index contributed by atoms with van der Waals surface area (Å²) in [7, 11) is 0. The average Bonchev–Trinajstić information content (AvgIpc) is 2.19. The SMILES string of the molecule is C=CCN(CC=C)c1ccc(=O)[nH]n1. The van der Waals surface area contributed by atoms with Crippen molar-refractivity contribution >= 4 is 5.82 Å². The van der Waals surface area contributed by atoms with Crippen LogP contribution in [0.25, 0.3) is 0 Å². The number of aromatic nitrogens is 2. The molecule has 1 aromatic rings. The summed E-state index contributed by atoms with van der Waals surface area (Å²) in [6.07, 6.45) is 3.55. The van der Waals surface area contributed by atoms with E-state index in [9.17, 15) is 4.79 Å². The highest BCUT2D eigenvalue weighted by Gasteiger charge is 2.03. The van der Waals surface area contributed by atoms with Gasteiger partial charge in [0.15, 0.2) is 0 Å². The molecule has 0 saturated heterocycles. The van der Waals surface area contributed by atoms with Gasteiger partial charge in [0.05, 0.1) is 0 Å². The summed E-state index contributed by atoms with van der Waals surface area (Å²) in [6, 6.07) is 3.12. The molecular weight excluding hydrogens is 178 g/mol. The lowest BCUT2D eigenvalue weighted by molar-refractivity contribution is 0.874. The summed E-state index contributed by atoms with van der Waals surface area (Å²) in [5, 5.41) is 6.29. The van der Waals surface area contributed by atoms with Crippen molar-refractivity contribution in [3.05, 3.63) is 47.8 Å². The van der Waals surface area contributed by atoms with Crippen molar-refractivity contribution in [2.24, 2.45) is 0 Å². The van der Waals surface area contributed by atoms with Crippen molar-refractivity contribution in [1.29, 1.82) is 0 Å². The van der Waals surface area contributed by atoms with Crippen molar-refractivity contribution in [1.82, 2.24) is 10.2 Å². The van der Waals surface area contributed by atoms with E-state index in [0.29, 0.717) is 18.9 Å². The van der Waals surface area contributed by atoms with Crippen LogP contribution in [0.2, 0.25) is 0 Å². The number of anilines is 1. The second kappa shape index (κ2) is 5.01. The minimum atomic E-state index is -0.203. The summed E-state index contributed by atoms with van der Waals surface area (Å²) < 4.78 is 0. The van der Waals surface area contributed by atoms with E-state index in [0.717, 1.165) is 0 Å². The van der Waals surface area contributed by atoms with Crippen molar-refractivity contribution in [3.63, 3.8) is 0 Å². The fourth-order valence-corrected chi connectivity index (χ4v) is 1.09. The van der Waals surface area contributed by atoms with Crippen LogP contribution >= 0.6 is 0 Å². The summed E-state index contributed by atoms with van der Waals surface area (Å²) in [4.78, 5) is 12.7. The Balaban J connectivity index is 2.86. The third-order valence-electron chi connectivity index (χ3n) is 1.69. The van der Waals surface area contributed by atoms with E-state index in [1.165, 1.54) is 6.07 Å². The fourth-order valence-electron chi connectivity index (χ4n) is 1.09. The Bertz CT molecular complexity index is 339. The Kier molecular flexibility index (Phi) is 3.67. The zero-order valence-corrected chi connectivity index (χ0v) is 7.94. The van der Waals surface area contributed by atoms with E-state index in [1.54, 1.807) is 18.2 Å². The molecule has 0 unspecified atom stereocenters. The maximum atomic E-state index is 10.8. The lowest BCUT2D eigenvalue weighted by atomic mass is 10.4. The summed E-state index contributed by atoms with van der Waals surface area (Å²) in [6.45, 7) is 8.64. The third-order valence-corrected chi connectivity index (χ3v) is 1.69. The number of hydrogen-bond donors (Lipinski definition) is 1. The molecule has 0 bridgehead atoms. The fraction of sp³-hybridized carbons (Fsp3) is 0.200. The standard InChI is InChI=1S/C10H13N3O/c1-3-7-13(8-4-2)9-5-6-10(14)12-11-9/h3-6H,1-2,7-8H2,(H,12,14). The molecule has 0 aliphatic heterocycles. The van der Waals surface area contributed by atoms with Crippen molar-refractivity contribution in [3.8, 4) is 0 Å². The van der Waals surface area contributed by atoms with Crippen LogP contribution in [0.3, 0.4) is 0 Å². The first-order chi connectivity index (χ1) is 6.77. The predicted molar refractivity (Wildman–Crippen MR) is 57.5 cm³/mol. The van der Waals surface area contributed by atoms with E-state index in [-0.39, 0.29) is 5.56 Å². The monoisotopic (exact) mass is 191 g/mol. The molecule has 14 heavy (non-hydrogen) atoms. The van der Waals surface area contributed by atoms with Gasteiger partial charge in [-0.2, -0.15) is 5.10 Å². The predicted octanol–water partition coefficient (Wildman–Crippen LogP) is 0.948. The molecular formula is C10H13N3O. The number of nitrogens with one attached hydrogen (secondary N) is 1. The Hall–Kier alpha value is -1.84. The van der Waals surface area contributed by atoms with Crippen molar-refractivity contribution < 1.29 is 0 Å². The van der Waals surface area contributed by atoms with Crippen LogP contribution in [0.15, 0.2) is 42.2 Å². The molecule has 1 N–H and O–H groups in total. The summed E-state index contributed by atoms with van der Waals surface area (Å²) in [5.74, 6) is 0.712. The quantitative estimate of drug-likeness (QED) is 0.705. The smallest absolute Gasteiger partial charge is 0.264 e. The van der Waals surface area contributed by atoms with E-state index in [4.69, 9.17) is 0 Å². The minimum absolute atomic E-state index is 0.203. The number of aromatic amines is 1. The molecule has 4 nitrogen and oxygen atoms in total. The van der Waals surface area contributed by atoms with Gasteiger partial charge in [-0.25, -0.2) is 5.10 Å². The molecule has 74 valence electrons. The largest absolute Gasteiger partial charge is 0.348 e. The molecule has 0 aliphatic carbocycles. The Morgan fingerprint density at radius 2 is 2.00 bits per heavy atom. The molecule has 0 amide bonds. The Labute approximate surface area is 82.6 Å². The average molecular weight is 191 g/mol. The van der Waals surface area contributed by atoms with Crippen LogP contribution < -0.4 is 10.5 Å². The first kappa shape index (κ1) is 10.2. The van der Waals surface area contributed by atoms with E-state index in [2.05, 4.69) is 23.4 Å². The first-order valence-electron chi connectivity index (χ1n) is 4.30. The lowest BCUT2D eigenvalue weighted by Crippen LogP contribution is -2.25. The van der Waals surface area contributed by atoms with Crippen molar-refractivity contribution in [2.75, 3.05) is 18.0 Å². The van der Waals surface area contributed by atoms with Gasteiger partial charge < -0.3 is 4.90 Å². The van der Waals surface area contributed by atoms with Gasteiger partial charge in [0.25, 0.3) is 5.56 Å². The topological polar surface area (TPSA) is 49.0 Å². The molecule has 4 heteroatoms. The molecule has 1 heterocycles. The Morgan fingerprint density at radius 1 is 1.36 bits per heavy atom. The number of nitrogens with zero attached hydrogens (tertiary/aromatic N) is 2. The molecule has 0 atom stereocenters. The second-order valence-electron chi connectivity index (χ2n) is 2.76. The van der Waals surface area contributed by atoms with Gasteiger partial charge in [0.1, 0.15) is 5.82 Å². The van der Waals surface area contributed by atoms with Crippen LogP contribution in [0.4, 0.5) is 5.82 Å². The zero-order valence-electron chi connectivity index (χ0n) is 7.94. The third kappa shape index (κ3) is 2.58. The zero-order chi connectivity index (χ0) is 10.4. The van der Waals surface area contributed by atoms with Crippen LogP contribution in [0, 0.1) is 0 Å². The van der Waals surface area contributed by atoms with Crippen LogP contribution in [0.1, 0.15) is 0 Å². The number of rotatable bonds is 5. The van der Waals surface area contributed by atoms with Crippen LogP contribution in [-0.4, -0.2) is 23.3 Å². The summed E-state index contributed by atoms with van der Waals surface area (Å²) >= 11 is 0. The molecule has 1 rings (SSSR count). The molecule has 0 fully saturated rings. The first-order valence-corrected chi connectivity index (χ1v) is 4.30. The highest BCUT2D eigenvalue weighted by molar-refractivity contribution is 5.37. The second-order valence-corrected chi connectivity index (χ2v) is 2.76. The maximum Gasteiger partial charge on any atom is 0.264 e. The molecule has 1 aromatic heterocycles.